The van der Waals surface area contributed by atoms with Crippen LogP contribution in [0.3, 0.4) is 0 Å². The fourth-order valence-corrected chi connectivity index (χ4v) is 3.73. The molecule has 0 spiro atoms. The number of likely N-dealkylation sites (tertiary alicyclic amines) is 1. The molecule has 2 aliphatic rings. The van der Waals surface area contributed by atoms with Gasteiger partial charge in [-0.05, 0) is 26.7 Å². The molecule has 0 radical (unpaired) electrons. The summed E-state index contributed by atoms with van der Waals surface area (Å²) in [5.41, 5.74) is 1.23. The van der Waals surface area contributed by atoms with Gasteiger partial charge in [0.25, 0.3) is 0 Å². The van der Waals surface area contributed by atoms with Crippen molar-refractivity contribution in [2.45, 2.75) is 45.4 Å². The molecule has 0 saturated carbocycles. The van der Waals surface area contributed by atoms with Crippen LogP contribution in [-0.4, -0.2) is 35.2 Å². The Morgan fingerprint density at radius 2 is 2.47 bits per heavy atom. The molecule has 94 valence electrons. The monoisotopic (exact) mass is 252 g/mol. The van der Waals surface area contributed by atoms with Crippen LogP contribution in [0.4, 0.5) is 0 Å². The van der Waals surface area contributed by atoms with Crippen LogP contribution in [0.2, 0.25) is 0 Å². The number of ether oxygens (including phenoxy) is 1. The van der Waals surface area contributed by atoms with Crippen molar-refractivity contribution in [2.24, 2.45) is 5.92 Å². The number of hydrogen-bond acceptors (Lipinski definition) is 4. The van der Waals surface area contributed by atoms with E-state index in [9.17, 15) is 0 Å². The zero-order valence-electron chi connectivity index (χ0n) is 10.6. The van der Waals surface area contributed by atoms with Gasteiger partial charge in [-0.3, -0.25) is 4.90 Å². The van der Waals surface area contributed by atoms with Crippen LogP contribution in [0.25, 0.3) is 0 Å². The molecule has 0 bridgehead atoms. The molecule has 0 aromatic carbocycles. The minimum Gasteiger partial charge on any atom is -0.375 e. The first-order chi connectivity index (χ1) is 8.20. The standard InChI is InChI=1S/C13H20N2OS/c1-9-5-11-6-15(4-3-13(11)16-9)7-12-8-17-10(2)14-12/h8-9,11,13H,3-7H2,1-2H3/t9-,11-,13-/m0/s1. The van der Waals surface area contributed by atoms with Crippen LogP contribution in [0.5, 0.6) is 0 Å². The second kappa shape index (κ2) is 4.67. The minimum atomic E-state index is 0.464. The summed E-state index contributed by atoms with van der Waals surface area (Å²) in [6, 6.07) is 0. The van der Waals surface area contributed by atoms with Gasteiger partial charge in [0.2, 0.25) is 0 Å². The number of thiazole rings is 1. The molecule has 4 heteroatoms. The van der Waals surface area contributed by atoms with Crippen molar-refractivity contribution < 1.29 is 4.74 Å². The Balaban J connectivity index is 1.59. The first-order valence-electron chi connectivity index (χ1n) is 6.49. The Hall–Kier alpha value is -0.450. The molecule has 0 amide bonds. The molecule has 3 heterocycles. The number of hydrogen-bond donors (Lipinski definition) is 0. The molecular weight excluding hydrogens is 232 g/mol. The third-order valence-electron chi connectivity index (χ3n) is 3.84. The molecule has 0 unspecified atom stereocenters. The molecular formula is C13H20N2OS. The van der Waals surface area contributed by atoms with Crippen molar-refractivity contribution in [3.8, 4) is 0 Å². The lowest BCUT2D eigenvalue weighted by Gasteiger charge is -2.33. The van der Waals surface area contributed by atoms with Crippen LogP contribution >= 0.6 is 11.3 Å². The highest BCUT2D eigenvalue weighted by Gasteiger charge is 2.37. The van der Waals surface area contributed by atoms with Crippen LogP contribution in [-0.2, 0) is 11.3 Å². The van der Waals surface area contributed by atoms with Gasteiger partial charge in [0.15, 0.2) is 0 Å². The number of piperidine rings is 1. The van der Waals surface area contributed by atoms with E-state index in [1.807, 2.05) is 0 Å². The summed E-state index contributed by atoms with van der Waals surface area (Å²) in [6.45, 7) is 7.64. The van der Waals surface area contributed by atoms with E-state index in [0.29, 0.717) is 12.2 Å². The lowest BCUT2D eigenvalue weighted by atomic mass is 9.93. The molecule has 17 heavy (non-hydrogen) atoms. The van der Waals surface area contributed by atoms with E-state index < -0.39 is 0 Å². The largest absolute Gasteiger partial charge is 0.375 e. The summed E-state index contributed by atoms with van der Waals surface area (Å²) < 4.78 is 5.93. The number of rotatable bonds is 2. The molecule has 2 fully saturated rings. The van der Waals surface area contributed by atoms with Gasteiger partial charge in [-0.2, -0.15) is 0 Å². The summed E-state index contributed by atoms with van der Waals surface area (Å²) in [5, 5.41) is 3.36. The Morgan fingerprint density at radius 1 is 1.59 bits per heavy atom. The summed E-state index contributed by atoms with van der Waals surface area (Å²) in [5.74, 6) is 0.749. The summed E-state index contributed by atoms with van der Waals surface area (Å²) in [6.07, 6.45) is 3.42. The van der Waals surface area contributed by atoms with E-state index in [4.69, 9.17) is 4.74 Å². The number of aryl methyl sites for hydroxylation is 1. The fourth-order valence-electron chi connectivity index (χ4n) is 3.13. The molecule has 1 aromatic rings. The van der Waals surface area contributed by atoms with Crippen LogP contribution in [0.1, 0.15) is 30.5 Å². The van der Waals surface area contributed by atoms with Gasteiger partial charge >= 0.3 is 0 Å². The smallest absolute Gasteiger partial charge is 0.0897 e. The van der Waals surface area contributed by atoms with Crippen molar-refractivity contribution in [3.63, 3.8) is 0 Å². The molecule has 3 atom stereocenters. The second-order valence-corrected chi connectivity index (χ2v) is 6.42. The minimum absolute atomic E-state index is 0.464. The average Bonchev–Trinajstić information content (AvgIpc) is 2.83. The van der Waals surface area contributed by atoms with Crippen molar-refractivity contribution in [2.75, 3.05) is 13.1 Å². The number of nitrogens with zero attached hydrogens (tertiary/aromatic N) is 2. The maximum absolute atomic E-state index is 5.93. The lowest BCUT2D eigenvalue weighted by molar-refractivity contribution is 0.00564. The van der Waals surface area contributed by atoms with E-state index in [-0.39, 0.29) is 0 Å². The lowest BCUT2D eigenvalue weighted by Crippen LogP contribution is -2.40. The molecule has 3 rings (SSSR count). The first kappa shape index (κ1) is 11.6. The van der Waals surface area contributed by atoms with Crippen molar-refractivity contribution in [1.29, 1.82) is 0 Å². The zero-order valence-corrected chi connectivity index (χ0v) is 11.4. The Kier molecular flexibility index (Phi) is 3.19. The van der Waals surface area contributed by atoms with Gasteiger partial charge in [0.05, 0.1) is 22.9 Å². The van der Waals surface area contributed by atoms with Crippen molar-refractivity contribution in [3.05, 3.63) is 16.1 Å². The van der Waals surface area contributed by atoms with E-state index in [2.05, 4.69) is 29.1 Å². The quantitative estimate of drug-likeness (QED) is 0.808. The average molecular weight is 252 g/mol. The highest BCUT2D eigenvalue weighted by molar-refractivity contribution is 7.09. The van der Waals surface area contributed by atoms with E-state index in [0.717, 1.165) is 19.0 Å². The zero-order chi connectivity index (χ0) is 11.8. The third kappa shape index (κ3) is 2.54. The molecule has 2 aliphatic heterocycles. The van der Waals surface area contributed by atoms with E-state index >= 15 is 0 Å². The van der Waals surface area contributed by atoms with E-state index in [1.165, 1.54) is 30.1 Å². The van der Waals surface area contributed by atoms with Gasteiger partial charge in [0, 0.05) is 30.9 Å². The maximum atomic E-state index is 5.93. The van der Waals surface area contributed by atoms with Gasteiger partial charge in [0.1, 0.15) is 0 Å². The Labute approximate surface area is 107 Å². The molecule has 0 aliphatic carbocycles. The maximum Gasteiger partial charge on any atom is 0.0897 e. The Bertz CT molecular complexity index is 393. The van der Waals surface area contributed by atoms with Crippen LogP contribution in [0.15, 0.2) is 5.38 Å². The van der Waals surface area contributed by atoms with Gasteiger partial charge in [-0.1, -0.05) is 0 Å². The highest BCUT2D eigenvalue weighted by Crippen LogP contribution is 2.33. The van der Waals surface area contributed by atoms with Crippen LogP contribution in [0, 0.1) is 12.8 Å². The molecule has 2 saturated heterocycles. The predicted octanol–water partition coefficient (Wildman–Crippen LogP) is 2.45. The normalized spacial score (nSPS) is 33.9. The van der Waals surface area contributed by atoms with Gasteiger partial charge in [-0.25, -0.2) is 4.98 Å². The SMILES string of the molecule is Cc1nc(CN2CC[C@@H]3O[C@@H](C)C[C@H]3C2)cs1. The molecule has 0 N–H and O–H groups in total. The summed E-state index contributed by atoms with van der Waals surface area (Å²) in [7, 11) is 0. The molecule has 1 aromatic heterocycles. The van der Waals surface area contributed by atoms with Gasteiger partial charge < -0.3 is 4.74 Å². The van der Waals surface area contributed by atoms with Gasteiger partial charge in [-0.15, -0.1) is 11.3 Å². The predicted molar refractivity (Wildman–Crippen MR) is 69.2 cm³/mol. The highest BCUT2D eigenvalue weighted by atomic mass is 32.1. The van der Waals surface area contributed by atoms with Crippen molar-refractivity contribution in [1.82, 2.24) is 9.88 Å². The third-order valence-corrected chi connectivity index (χ3v) is 4.66. The van der Waals surface area contributed by atoms with E-state index in [1.54, 1.807) is 11.3 Å². The number of fused-ring (bicyclic) bond motifs is 1. The van der Waals surface area contributed by atoms with Crippen LogP contribution < -0.4 is 0 Å². The fraction of sp³-hybridized carbons (Fsp3) is 0.769. The molecule has 3 nitrogen and oxygen atoms in total. The van der Waals surface area contributed by atoms with Crippen molar-refractivity contribution >= 4 is 11.3 Å². The summed E-state index contributed by atoms with van der Waals surface area (Å²) >= 11 is 1.75. The second-order valence-electron chi connectivity index (χ2n) is 5.36. The first-order valence-corrected chi connectivity index (χ1v) is 7.37. The summed E-state index contributed by atoms with van der Waals surface area (Å²) in [4.78, 5) is 7.09. The topological polar surface area (TPSA) is 25.4 Å². The number of aromatic nitrogens is 1. The Morgan fingerprint density at radius 3 is 3.24 bits per heavy atom.